The largest absolute Gasteiger partial charge is 0.465 e. The summed E-state index contributed by atoms with van der Waals surface area (Å²) >= 11 is 2.00. The van der Waals surface area contributed by atoms with Crippen LogP contribution in [0.5, 0.6) is 0 Å². The third-order valence-electron chi connectivity index (χ3n) is 1.28. The normalized spacial score (nSPS) is 9.50. The molecule has 0 spiro atoms. The second-order valence-electron chi connectivity index (χ2n) is 2.08. The fourth-order valence-electron chi connectivity index (χ4n) is 0.706. The van der Waals surface area contributed by atoms with Gasteiger partial charge in [0.2, 0.25) is 0 Å². The van der Waals surface area contributed by atoms with Crippen LogP contribution in [0.25, 0.3) is 0 Å². The zero-order valence-electron chi connectivity index (χ0n) is 6.37. The first-order valence-electron chi connectivity index (χ1n) is 3.14. The first kappa shape index (κ1) is 9.24. The van der Waals surface area contributed by atoms with E-state index in [9.17, 15) is 4.79 Å². The van der Waals surface area contributed by atoms with Crippen LogP contribution in [0.3, 0.4) is 0 Å². The molecule has 0 bridgehead atoms. The average molecular weight is 278 g/mol. The van der Waals surface area contributed by atoms with E-state index >= 15 is 0 Å². The van der Waals surface area contributed by atoms with Crippen LogP contribution >= 0.6 is 22.6 Å². The van der Waals surface area contributed by atoms with E-state index < -0.39 is 5.97 Å². The summed E-state index contributed by atoms with van der Waals surface area (Å²) in [5.41, 5.74) is 5.84. The average Bonchev–Trinajstić information content (AvgIpc) is 2.03. The summed E-state index contributed by atoms with van der Waals surface area (Å²) in [5.74, 6) is -0.000969. The predicted octanol–water partition coefficient (Wildman–Crippen LogP) is 1.05. The van der Waals surface area contributed by atoms with Gasteiger partial charge in [-0.15, -0.1) is 0 Å². The number of carbonyl (C=O) groups is 1. The molecule has 2 N–H and O–H groups in total. The van der Waals surface area contributed by atoms with E-state index in [-0.39, 0.29) is 0 Å². The number of carbonyl (C=O) groups excluding carboxylic acids is 1. The lowest BCUT2D eigenvalue weighted by Gasteiger charge is -2.01. The molecule has 0 atom stereocenters. The molecular formula is C7H7IN2O2. The Bertz CT molecular complexity index is 314. The molecule has 4 nitrogen and oxygen atoms in total. The van der Waals surface area contributed by atoms with Crippen LogP contribution in [0.2, 0.25) is 0 Å². The number of nitrogens with zero attached hydrogens (tertiary/aromatic N) is 1. The molecule has 0 unspecified atom stereocenters. The van der Waals surface area contributed by atoms with Crippen LogP contribution < -0.4 is 5.73 Å². The Morgan fingerprint density at radius 2 is 2.42 bits per heavy atom. The Labute approximate surface area is 83.3 Å². The fourth-order valence-corrected chi connectivity index (χ4v) is 1.38. The second-order valence-corrected chi connectivity index (χ2v) is 3.24. The third kappa shape index (κ3) is 1.84. The van der Waals surface area contributed by atoms with Gasteiger partial charge >= 0.3 is 5.97 Å². The van der Waals surface area contributed by atoms with Crippen molar-refractivity contribution in [1.82, 2.24) is 4.98 Å². The molecule has 0 aliphatic carbocycles. The Morgan fingerprint density at radius 3 is 2.92 bits per heavy atom. The minimum atomic E-state index is -0.396. The highest BCUT2D eigenvalue weighted by molar-refractivity contribution is 14.1. The van der Waals surface area contributed by atoms with Crippen LogP contribution in [-0.4, -0.2) is 18.1 Å². The van der Waals surface area contributed by atoms with E-state index in [1.165, 1.54) is 13.3 Å². The number of pyridine rings is 1. The van der Waals surface area contributed by atoms with Crippen molar-refractivity contribution in [2.45, 2.75) is 0 Å². The summed E-state index contributed by atoms with van der Waals surface area (Å²) in [7, 11) is 1.33. The Hall–Kier alpha value is -0.850. The van der Waals surface area contributed by atoms with Gasteiger partial charge < -0.3 is 10.5 Å². The first-order valence-corrected chi connectivity index (χ1v) is 4.22. The van der Waals surface area contributed by atoms with Crippen molar-refractivity contribution in [3.8, 4) is 0 Å². The van der Waals surface area contributed by atoms with Crippen molar-refractivity contribution in [3.63, 3.8) is 0 Å². The smallest absolute Gasteiger partial charge is 0.340 e. The van der Waals surface area contributed by atoms with Crippen LogP contribution in [-0.2, 0) is 4.74 Å². The number of nitrogen functional groups attached to an aromatic ring is 1. The first-order chi connectivity index (χ1) is 5.65. The quantitative estimate of drug-likeness (QED) is 0.616. The number of nitrogens with two attached hydrogens (primary N) is 1. The molecule has 0 radical (unpaired) electrons. The van der Waals surface area contributed by atoms with E-state index in [1.807, 2.05) is 22.6 Å². The molecule has 0 aliphatic heterocycles. The summed E-state index contributed by atoms with van der Waals surface area (Å²) in [5, 5.41) is 0. The predicted molar refractivity (Wildman–Crippen MR) is 52.7 cm³/mol. The van der Waals surface area contributed by atoms with Gasteiger partial charge in [0.25, 0.3) is 0 Å². The van der Waals surface area contributed by atoms with Crippen molar-refractivity contribution in [2.75, 3.05) is 12.8 Å². The number of ether oxygens (including phenoxy) is 1. The molecule has 0 saturated heterocycles. The molecule has 0 aromatic carbocycles. The standard InChI is InChI=1S/C7H7IN2O2/c1-12-7(11)4-3-10-6(9)2-5(4)8/h2-3H,1H3,(H2,9,10). The summed E-state index contributed by atoms with van der Waals surface area (Å²) in [6.07, 6.45) is 1.41. The van der Waals surface area contributed by atoms with Crippen molar-refractivity contribution >= 4 is 34.4 Å². The number of hydrogen-bond donors (Lipinski definition) is 1. The van der Waals surface area contributed by atoms with Gasteiger partial charge in [-0.2, -0.15) is 0 Å². The highest BCUT2D eigenvalue weighted by atomic mass is 127. The van der Waals surface area contributed by atoms with Gasteiger partial charge in [-0.05, 0) is 28.7 Å². The van der Waals surface area contributed by atoms with Crippen molar-refractivity contribution in [1.29, 1.82) is 0 Å². The monoisotopic (exact) mass is 278 g/mol. The number of aromatic nitrogens is 1. The summed E-state index contributed by atoms with van der Waals surface area (Å²) in [6, 6.07) is 1.62. The lowest BCUT2D eigenvalue weighted by Crippen LogP contribution is -2.05. The Morgan fingerprint density at radius 1 is 1.75 bits per heavy atom. The zero-order chi connectivity index (χ0) is 9.14. The van der Waals surface area contributed by atoms with E-state index in [1.54, 1.807) is 6.07 Å². The highest BCUT2D eigenvalue weighted by Crippen LogP contribution is 2.13. The van der Waals surface area contributed by atoms with Gasteiger partial charge in [0.15, 0.2) is 0 Å². The maximum atomic E-state index is 11.0. The molecule has 0 saturated carbocycles. The molecule has 0 amide bonds. The van der Waals surface area contributed by atoms with Crippen LogP contribution in [0.15, 0.2) is 12.3 Å². The number of hydrogen-bond acceptors (Lipinski definition) is 4. The van der Waals surface area contributed by atoms with E-state index in [2.05, 4.69) is 9.72 Å². The number of esters is 1. The highest BCUT2D eigenvalue weighted by Gasteiger charge is 2.09. The Balaban J connectivity index is 3.09. The SMILES string of the molecule is COC(=O)c1cnc(N)cc1I. The molecule has 5 heteroatoms. The molecular weight excluding hydrogens is 271 g/mol. The summed E-state index contributed by atoms with van der Waals surface area (Å²) < 4.78 is 5.27. The lowest BCUT2D eigenvalue weighted by molar-refractivity contribution is 0.0599. The molecule has 1 aromatic heterocycles. The summed E-state index contributed by atoms with van der Waals surface area (Å²) in [6.45, 7) is 0. The maximum absolute atomic E-state index is 11.0. The minimum Gasteiger partial charge on any atom is -0.465 e. The van der Waals surface area contributed by atoms with Gasteiger partial charge in [-0.25, -0.2) is 9.78 Å². The molecule has 1 rings (SSSR count). The van der Waals surface area contributed by atoms with Crippen LogP contribution in [0.1, 0.15) is 10.4 Å². The lowest BCUT2D eigenvalue weighted by atomic mass is 10.3. The minimum absolute atomic E-state index is 0.395. The molecule has 0 fully saturated rings. The maximum Gasteiger partial charge on any atom is 0.340 e. The van der Waals surface area contributed by atoms with Gasteiger partial charge in [-0.1, -0.05) is 0 Å². The van der Waals surface area contributed by atoms with E-state index in [0.717, 1.165) is 3.57 Å². The zero-order valence-corrected chi connectivity index (χ0v) is 8.53. The van der Waals surface area contributed by atoms with Crippen LogP contribution in [0.4, 0.5) is 5.82 Å². The number of halogens is 1. The van der Waals surface area contributed by atoms with Gasteiger partial charge in [0, 0.05) is 9.77 Å². The topological polar surface area (TPSA) is 65.2 Å². The number of methoxy groups -OCH3 is 1. The molecule has 12 heavy (non-hydrogen) atoms. The van der Waals surface area contributed by atoms with Crippen molar-refractivity contribution in [3.05, 3.63) is 21.4 Å². The molecule has 1 heterocycles. The van der Waals surface area contributed by atoms with Crippen molar-refractivity contribution in [2.24, 2.45) is 0 Å². The number of rotatable bonds is 1. The third-order valence-corrected chi connectivity index (χ3v) is 2.17. The molecule has 64 valence electrons. The van der Waals surface area contributed by atoms with E-state index in [0.29, 0.717) is 11.4 Å². The Kier molecular flexibility index (Phi) is 2.85. The van der Waals surface area contributed by atoms with Crippen LogP contribution in [0, 0.1) is 3.57 Å². The van der Waals surface area contributed by atoms with E-state index in [4.69, 9.17) is 5.73 Å². The summed E-state index contributed by atoms with van der Waals surface area (Å²) in [4.78, 5) is 14.8. The fraction of sp³-hybridized carbons (Fsp3) is 0.143. The van der Waals surface area contributed by atoms with Gasteiger partial charge in [0.05, 0.1) is 12.7 Å². The second kappa shape index (κ2) is 3.70. The van der Waals surface area contributed by atoms with Gasteiger partial charge in [0.1, 0.15) is 5.82 Å². The van der Waals surface area contributed by atoms with Crippen molar-refractivity contribution < 1.29 is 9.53 Å². The van der Waals surface area contributed by atoms with Gasteiger partial charge in [-0.3, -0.25) is 0 Å². The molecule has 1 aromatic rings. The molecule has 0 aliphatic rings. The number of anilines is 1.